The van der Waals surface area contributed by atoms with E-state index in [0.29, 0.717) is 0 Å². The summed E-state index contributed by atoms with van der Waals surface area (Å²) < 4.78 is 22.4. The second kappa shape index (κ2) is 8.78. The molecule has 0 saturated carbocycles. The number of allylic oxidation sites excluding steroid dienone is 3. The number of benzene rings is 1. The van der Waals surface area contributed by atoms with Gasteiger partial charge in [0, 0.05) is 12.6 Å². The molecule has 3 aliphatic rings. The summed E-state index contributed by atoms with van der Waals surface area (Å²) in [7, 11) is 3.37. The van der Waals surface area contributed by atoms with E-state index in [0.717, 1.165) is 49.5 Å². The highest BCUT2D eigenvalue weighted by Gasteiger charge is 2.34. The molecule has 5 heteroatoms. The standard InChI is InChI=1S/C24H29NO4/c1-17-20-15-23(27-3)22(26-2)14-19(20)9-10-25(17)21(24-16-28-11-12-29-24)13-18-7-5-4-6-8-18/h4-5,7,11-12,14-17,21H,6,8-10,13H2,1-3H3. The zero-order valence-corrected chi connectivity index (χ0v) is 17.4. The van der Waals surface area contributed by atoms with E-state index in [2.05, 4.69) is 42.2 Å². The zero-order chi connectivity index (χ0) is 20.2. The highest BCUT2D eigenvalue weighted by molar-refractivity contribution is 5.49. The monoisotopic (exact) mass is 395 g/mol. The Morgan fingerprint density at radius 3 is 2.66 bits per heavy atom. The van der Waals surface area contributed by atoms with Gasteiger partial charge < -0.3 is 18.9 Å². The lowest BCUT2D eigenvalue weighted by Crippen LogP contribution is -2.43. The van der Waals surface area contributed by atoms with Crippen molar-refractivity contribution in [3.05, 3.63) is 71.6 Å². The molecule has 154 valence electrons. The summed E-state index contributed by atoms with van der Waals surface area (Å²) in [6, 6.07) is 4.58. The number of hydrogen-bond acceptors (Lipinski definition) is 5. The number of nitrogens with zero attached hydrogens (tertiary/aromatic N) is 1. The molecule has 0 N–H and O–H groups in total. The molecule has 2 heterocycles. The first-order valence-corrected chi connectivity index (χ1v) is 10.2. The van der Waals surface area contributed by atoms with Gasteiger partial charge in [0.1, 0.15) is 18.8 Å². The Kier molecular flexibility index (Phi) is 5.95. The third-order valence-electron chi connectivity index (χ3n) is 6.04. The van der Waals surface area contributed by atoms with Gasteiger partial charge in [0.2, 0.25) is 0 Å². The van der Waals surface area contributed by atoms with E-state index < -0.39 is 0 Å². The molecule has 0 fully saturated rings. The van der Waals surface area contributed by atoms with Crippen LogP contribution >= 0.6 is 0 Å². The van der Waals surface area contributed by atoms with Crippen molar-refractivity contribution < 1.29 is 18.9 Å². The Morgan fingerprint density at radius 2 is 1.97 bits per heavy atom. The van der Waals surface area contributed by atoms with Crippen LogP contribution in [0.4, 0.5) is 0 Å². The van der Waals surface area contributed by atoms with E-state index in [1.165, 1.54) is 16.7 Å². The molecule has 0 aromatic heterocycles. The maximum atomic E-state index is 5.88. The molecule has 0 saturated heterocycles. The van der Waals surface area contributed by atoms with Crippen molar-refractivity contribution in [2.75, 3.05) is 20.8 Å². The molecule has 0 amide bonds. The third-order valence-corrected chi connectivity index (χ3v) is 6.04. The fourth-order valence-corrected chi connectivity index (χ4v) is 4.47. The van der Waals surface area contributed by atoms with Crippen LogP contribution in [-0.2, 0) is 15.9 Å². The maximum absolute atomic E-state index is 5.88. The molecule has 0 radical (unpaired) electrons. The number of hydrogen-bond donors (Lipinski definition) is 0. The first-order valence-electron chi connectivity index (χ1n) is 10.2. The Hall–Kier alpha value is -2.66. The lowest BCUT2D eigenvalue weighted by Gasteiger charge is -2.41. The van der Waals surface area contributed by atoms with Crippen molar-refractivity contribution in [1.29, 1.82) is 0 Å². The van der Waals surface area contributed by atoms with Gasteiger partial charge in [0.15, 0.2) is 17.3 Å². The maximum Gasteiger partial charge on any atom is 0.161 e. The second-order valence-corrected chi connectivity index (χ2v) is 7.63. The molecular formula is C24H29NO4. The van der Waals surface area contributed by atoms with Crippen molar-refractivity contribution in [2.45, 2.75) is 44.7 Å². The van der Waals surface area contributed by atoms with Crippen molar-refractivity contribution in [2.24, 2.45) is 0 Å². The Labute approximate surface area is 172 Å². The summed E-state index contributed by atoms with van der Waals surface area (Å²) in [5.74, 6) is 2.43. The summed E-state index contributed by atoms with van der Waals surface area (Å²) in [5.41, 5.74) is 4.05. The van der Waals surface area contributed by atoms with E-state index in [-0.39, 0.29) is 12.1 Å². The lowest BCUT2D eigenvalue weighted by atomic mass is 9.89. The van der Waals surface area contributed by atoms with Gasteiger partial charge >= 0.3 is 0 Å². The van der Waals surface area contributed by atoms with Gasteiger partial charge in [-0.05, 0) is 55.9 Å². The lowest BCUT2D eigenvalue weighted by molar-refractivity contribution is 0.103. The van der Waals surface area contributed by atoms with Crippen LogP contribution in [0.2, 0.25) is 0 Å². The van der Waals surface area contributed by atoms with Gasteiger partial charge in [-0.25, -0.2) is 0 Å². The number of rotatable bonds is 6. The molecule has 0 bridgehead atoms. The van der Waals surface area contributed by atoms with Gasteiger partial charge in [-0.2, -0.15) is 0 Å². The quantitative estimate of drug-likeness (QED) is 0.677. The molecular weight excluding hydrogens is 366 g/mol. The average Bonchev–Trinajstić information content (AvgIpc) is 2.78. The Bertz CT molecular complexity index is 868. The normalized spacial score (nSPS) is 22.0. The smallest absolute Gasteiger partial charge is 0.161 e. The Morgan fingerprint density at radius 1 is 1.14 bits per heavy atom. The van der Waals surface area contributed by atoms with Crippen molar-refractivity contribution in [3.8, 4) is 11.5 Å². The zero-order valence-electron chi connectivity index (χ0n) is 17.4. The van der Waals surface area contributed by atoms with Crippen LogP contribution < -0.4 is 9.47 Å². The minimum atomic E-state index is 0.119. The molecule has 2 aliphatic heterocycles. The van der Waals surface area contributed by atoms with E-state index in [4.69, 9.17) is 18.9 Å². The van der Waals surface area contributed by atoms with Gasteiger partial charge in [0.25, 0.3) is 0 Å². The topological polar surface area (TPSA) is 40.2 Å². The van der Waals surface area contributed by atoms with Crippen molar-refractivity contribution >= 4 is 0 Å². The minimum Gasteiger partial charge on any atom is -0.493 e. The fourth-order valence-electron chi connectivity index (χ4n) is 4.47. The highest BCUT2D eigenvalue weighted by atomic mass is 16.5. The molecule has 1 aliphatic carbocycles. The van der Waals surface area contributed by atoms with E-state index in [1.54, 1.807) is 33.0 Å². The van der Waals surface area contributed by atoms with E-state index in [9.17, 15) is 0 Å². The summed E-state index contributed by atoms with van der Waals surface area (Å²) in [6.45, 7) is 3.20. The van der Waals surface area contributed by atoms with E-state index in [1.807, 2.05) is 0 Å². The SMILES string of the molecule is COc1cc2c(cc1OC)C(C)N(C(CC1=CC=CCC1)C1=COC=CO1)CC2. The van der Waals surface area contributed by atoms with Crippen LogP contribution in [0.15, 0.2) is 60.5 Å². The minimum absolute atomic E-state index is 0.119. The number of methoxy groups -OCH3 is 2. The summed E-state index contributed by atoms with van der Waals surface area (Å²) in [5, 5.41) is 0. The first-order chi connectivity index (χ1) is 14.2. The predicted octanol–water partition coefficient (Wildman–Crippen LogP) is 5.02. The van der Waals surface area contributed by atoms with Gasteiger partial charge in [0.05, 0.1) is 20.3 Å². The van der Waals surface area contributed by atoms with Crippen LogP contribution in [0.1, 0.15) is 43.4 Å². The summed E-state index contributed by atoms with van der Waals surface area (Å²) in [6.07, 6.45) is 15.6. The molecule has 29 heavy (non-hydrogen) atoms. The summed E-state index contributed by atoms with van der Waals surface area (Å²) in [4.78, 5) is 2.52. The van der Waals surface area contributed by atoms with Crippen LogP contribution in [0.25, 0.3) is 0 Å². The molecule has 1 aromatic rings. The van der Waals surface area contributed by atoms with Gasteiger partial charge in [-0.15, -0.1) is 0 Å². The van der Waals surface area contributed by atoms with Crippen LogP contribution in [0, 0.1) is 0 Å². The first kappa shape index (κ1) is 19.6. The molecule has 2 atom stereocenters. The second-order valence-electron chi connectivity index (χ2n) is 7.63. The highest BCUT2D eigenvalue weighted by Crippen LogP contribution is 2.40. The van der Waals surface area contributed by atoms with Crippen molar-refractivity contribution in [1.82, 2.24) is 4.90 Å². The molecule has 1 aromatic carbocycles. The van der Waals surface area contributed by atoms with Gasteiger partial charge in [-0.1, -0.05) is 23.8 Å². The summed E-state index contributed by atoms with van der Waals surface area (Å²) >= 11 is 0. The largest absolute Gasteiger partial charge is 0.493 e. The van der Waals surface area contributed by atoms with E-state index >= 15 is 0 Å². The predicted molar refractivity (Wildman–Crippen MR) is 113 cm³/mol. The van der Waals surface area contributed by atoms with Crippen LogP contribution in [0.5, 0.6) is 11.5 Å². The number of ether oxygens (including phenoxy) is 4. The number of fused-ring (bicyclic) bond motifs is 1. The Balaban J connectivity index is 1.65. The molecule has 4 rings (SSSR count). The van der Waals surface area contributed by atoms with Crippen LogP contribution in [-0.4, -0.2) is 31.7 Å². The van der Waals surface area contributed by atoms with Crippen molar-refractivity contribution in [3.63, 3.8) is 0 Å². The molecule has 0 spiro atoms. The average molecular weight is 395 g/mol. The molecule has 2 unspecified atom stereocenters. The van der Waals surface area contributed by atoms with Crippen LogP contribution in [0.3, 0.4) is 0 Å². The third kappa shape index (κ3) is 4.06. The molecule has 5 nitrogen and oxygen atoms in total. The fraction of sp³-hybridized carbons (Fsp3) is 0.417. The van der Waals surface area contributed by atoms with Gasteiger partial charge in [-0.3, -0.25) is 4.90 Å².